The van der Waals surface area contributed by atoms with Crippen molar-refractivity contribution in [1.29, 1.82) is 0 Å². The van der Waals surface area contributed by atoms with Crippen molar-refractivity contribution in [3.05, 3.63) is 79.9 Å². The number of hydrogen-bond acceptors (Lipinski definition) is 0. The number of hydrogen-bond donors (Lipinski definition) is 0. The number of aryl methyl sites for hydroxylation is 4. The van der Waals surface area contributed by atoms with Gasteiger partial charge in [0.25, 0.3) is 0 Å². The van der Waals surface area contributed by atoms with Crippen molar-refractivity contribution in [2.45, 2.75) is 100 Å². The Bertz CT molecular complexity index is 1240. The zero-order valence-electron chi connectivity index (χ0n) is 23.6. The van der Waals surface area contributed by atoms with Crippen molar-refractivity contribution < 1.29 is 15.0 Å². The Labute approximate surface area is 228 Å². The fourth-order valence-corrected chi connectivity index (χ4v) is 37.6. The standard InChI is InChI=1S/2C15H19.C2H6Si.2ClH.Zr/c2*1-4-5-6-13-8-7-12(3)14-9-11(2)10-15(13)14;1-3-2;;;/h2*7-10H,4-6H2,1-3H3;1-2H3;2*1H;/q;;;;;+2/p-2. The topological polar surface area (TPSA) is 0 Å². The minimum atomic E-state index is -4.59. The van der Waals surface area contributed by atoms with E-state index in [1.807, 2.05) is 0 Å². The number of halogens is 2. The first-order chi connectivity index (χ1) is 17.0. The molecule has 0 N–H and O–H groups in total. The van der Waals surface area contributed by atoms with Gasteiger partial charge < -0.3 is 0 Å². The Morgan fingerprint density at radius 1 is 0.694 bits per heavy atom. The summed E-state index contributed by atoms with van der Waals surface area (Å²) in [5.41, 5.74) is 13.3. The third-order valence-corrected chi connectivity index (χ3v) is 55.9. The summed E-state index contributed by atoms with van der Waals surface area (Å²) in [6.45, 7) is 18.6. The van der Waals surface area contributed by atoms with Crippen LogP contribution in [0.15, 0.2) is 35.4 Å². The predicted octanol–water partition coefficient (Wildman–Crippen LogP) is 10.9. The third-order valence-electron chi connectivity index (χ3n) is 9.04. The van der Waals surface area contributed by atoms with Crippen LogP contribution >= 0.6 is 17.0 Å². The zero-order valence-corrected chi connectivity index (χ0v) is 28.6. The van der Waals surface area contributed by atoms with Gasteiger partial charge in [0.15, 0.2) is 0 Å². The molecule has 0 heterocycles. The predicted molar refractivity (Wildman–Crippen MR) is 162 cm³/mol. The fourth-order valence-electron chi connectivity index (χ4n) is 7.04. The van der Waals surface area contributed by atoms with Crippen LogP contribution in [0, 0.1) is 13.8 Å². The summed E-state index contributed by atoms with van der Waals surface area (Å²) in [6, 6.07) is 9.38. The van der Waals surface area contributed by atoms with Crippen molar-refractivity contribution >= 4 is 34.6 Å². The molecular weight excluding hydrogens is 575 g/mol. The second-order valence-electron chi connectivity index (χ2n) is 11.7. The van der Waals surface area contributed by atoms with E-state index in [9.17, 15) is 0 Å². The first-order valence-corrected chi connectivity index (χ1v) is 29.3. The molecule has 0 aromatic heterocycles. The van der Waals surface area contributed by atoms with E-state index in [2.05, 4.69) is 91.1 Å². The average Bonchev–Trinajstić information content (AvgIpc) is 3.37. The molecule has 0 saturated carbocycles. The Kier molecular flexibility index (Phi) is 8.45. The van der Waals surface area contributed by atoms with E-state index in [4.69, 9.17) is 17.0 Å². The van der Waals surface area contributed by atoms with E-state index < -0.39 is 20.4 Å². The molecule has 2 aromatic carbocycles. The van der Waals surface area contributed by atoms with Crippen molar-refractivity contribution in [2.75, 3.05) is 0 Å². The van der Waals surface area contributed by atoms with Gasteiger partial charge in [0, 0.05) is 0 Å². The van der Waals surface area contributed by atoms with Gasteiger partial charge >= 0.3 is 230 Å². The number of fused-ring (bicyclic) bond motifs is 2. The summed E-state index contributed by atoms with van der Waals surface area (Å²) in [7, 11) is 16.8. The summed E-state index contributed by atoms with van der Waals surface area (Å²) in [5.74, 6) is 0. The molecule has 0 amide bonds. The van der Waals surface area contributed by atoms with Gasteiger partial charge in [0.05, 0.1) is 0 Å². The minimum absolute atomic E-state index is 0.188. The van der Waals surface area contributed by atoms with Gasteiger partial charge in [0.2, 0.25) is 0 Å². The van der Waals surface area contributed by atoms with Gasteiger partial charge in [-0.2, -0.15) is 0 Å². The molecule has 0 fully saturated rings. The van der Waals surface area contributed by atoms with Gasteiger partial charge in [-0.1, -0.05) is 0 Å². The quantitative estimate of drug-likeness (QED) is 0.258. The SMILES string of the molecule is CCCCc1ccc(C)c2c1C=C(C)[CH]2[Zr]([Cl])([Cl])([CH]1C(C)=Cc2c(CCCC)ccc(C)c21)=[Si](C)C. The molecule has 2 unspecified atom stereocenters. The average molecular weight is 619 g/mol. The first kappa shape index (κ1) is 28.6. The maximum atomic E-state index is 8.38. The van der Waals surface area contributed by atoms with Crippen LogP contribution in [-0.2, 0) is 27.9 Å². The van der Waals surface area contributed by atoms with Crippen LogP contribution in [-0.4, -0.2) is 5.43 Å². The molecule has 0 saturated heterocycles. The van der Waals surface area contributed by atoms with E-state index in [1.165, 1.54) is 81.3 Å². The van der Waals surface area contributed by atoms with Gasteiger partial charge in [-0.05, 0) is 0 Å². The van der Waals surface area contributed by atoms with Gasteiger partial charge in [-0.15, -0.1) is 0 Å². The van der Waals surface area contributed by atoms with E-state index in [1.54, 1.807) is 0 Å². The molecule has 2 aliphatic carbocycles. The normalized spacial score (nSPS) is 19.2. The number of allylic oxidation sites excluding steroid dienone is 2. The van der Waals surface area contributed by atoms with E-state index in [0.717, 1.165) is 12.8 Å². The van der Waals surface area contributed by atoms with E-state index in [0.29, 0.717) is 0 Å². The van der Waals surface area contributed by atoms with Crippen molar-refractivity contribution in [1.82, 2.24) is 0 Å². The molecule has 36 heavy (non-hydrogen) atoms. The summed E-state index contributed by atoms with van der Waals surface area (Å²) in [6.07, 6.45) is 12.0. The van der Waals surface area contributed by atoms with Crippen molar-refractivity contribution in [3.8, 4) is 0 Å². The van der Waals surface area contributed by atoms with Gasteiger partial charge in [-0.3, -0.25) is 0 Å². The van der Waals surface area contributed by atoms with Crippen LogP contribution in [0.4, 0.5) is 0 Å². The van der Waals surface area contributed by atoms with Crippen LogP contribution in [0.25, 0.3) is 12.2 Å². The molecule has 0 spiro atoms. The van der Waals surface area contributed by atoms with Crippen LogP contribution in [0.1, 0.15) is 105 Å². The van der Waals surface area contributed by atoms with Gasteiger partial charge in [0.1, 0.15) is 0 Å². The molecule has 0 bridgehead atoms. The number of unbranched alkanes of at least 4 members (excludes halogenated alkanes) is 2. The molecule has 0 radical (unpaired) electrons. The fraction of sp³-hybridized carbons (Fsp3) is 0.500. The molecule has 194 valence electrons. The molecule has 0 aliphatic heterocycles. The summed E-state index contributed by atoms with van der Waals surface area (Å²) in [5, 5.41) is 0. The second kappa shape index (κ2) is 10.6. The zero-order chi connectivity index (χ0) is 26.4. The van der Waals surface area contributed by atoms with Crippen molar-refractivity contribution in [3.63, 3.8) is 0 Å². The van der Waals surface area contributed by atoms with Crippen LogP contribution in [0.2, 0.25) is 13.1 Å². The van der Waals surface area contributed by atoms with E-state index in [-0.39, 0.29) is 7.25 Å². The second-order valence-corrected chi connectivity index (χ2v) is 50.5. The van der Waals surface area contributed by atoms with E-state index >= 15 is 0 Å². The molecule has 2 aliphatic rings. The van der Waals surface area contributed by atoms with Crippen molar-refractivity contribution in [2.24, 2.45) is 0 Å². The molecule has 2 atom stereocenters. The maximum absolute atomic E-state index is 8.38. The Balaban J connectivity index is 2.00. The summed E-state index contributed by atoms with van der Waals surface area (Å²) in [4.78, 5) is 0. The Morgan fingerprint density at radius 2 is 1.08 bits per heavy atom. The molecule has 2 aromatic rings. The number of benzene rings is 2. The molecule has 4 heteroatoms. The number of rotatable bonds is 8. The van der Waals surface area contributed by atoms with Crippen LogP contribution < -0.4 is 0 Å². The first-order valence-electron chi connectivity index (χ1n) is 14.0. The summed E-state index contributed by atoms with van der Waals surface area (Å²) < 4.78 is 0.376. The third kappa shape index (κ3) is 4.45. The van der Waals surface area contributed by atoms with Crippen LogP contribution in [0.3, 0.4) is 0 Å². The Hall–Kier alpha value is -0.400. The Morgan fingerprint density at radius 3 is 1.42 bits per heavy atom. The van der Waals surface area contributed by atoms with Crippen LogP contribution in [0.5, 0.6) is 0 Å². The summed E-state index contributed by atoms with van der Waals surface area (Å²) >= 11 is -4.59. The van der Waals surface area contributed by atoms with Gasteiger partial charge in [-0.25, -0.2) is 0 Å². The molecule has 4 rings (SSSR count). The molecular formula is C32H44Cl2SiZr. The molecule has 0 nitrogen and oxygen atoms in total. The monoisotopic (exact) mass is 616 g/mol.